The van der Waals surface area contributed by atoms with Crippen molar-refractivity contribution >= 4 is 34.3 Å². The summed E-state index contributed by atoms with van der Waals surface area (Å²) in [7, 11) is 0. The Morgan fingerprint density at radius 1 is 1.09 bits per heavy atom. The second kappa shape index (κ2) is 5.39. The predicted molar refractivity (Wildman–Crippen MR) is 88.8 cm³/mol. The zero-order valence-electron chi connectivity index (χ0n) is 11.8. The fraction of sp³-hybridized carbons (Fsp3) is 0.0588. The van der Waals surface area contributed by atoms with Crippen molar-refractivity contribution in [2.24, 2.45) is 0 Å². The van der Waals surface area contributed by atoms with Crippen LogP contribution in [0.3, 0.4) is 0 Å². The normalized spacial score (nSPS) is 10.8. The summed E-state index contributed by atoms with van der Waals surface area (Å²) in [4.78, 5) is 12.0. The van der Waals surface area contributed by atoms with E-state index in [1.54, 1.807) is 12.3 Å². The molecule has 3 aromatic heterocycles. The van der Waals surface area contributed by atoms with Crippen molar-refractivity contribution in [1.82, 2.24) is 15.0 Å². The number of nitrogens with zero attached hydrogens (tertiary/aromatic N) is 2. The molecule has 3 nitrogen and oxygen atoms in total. The van der Waals surface area contributed by atoms with Crippen molar-refractivity contribution in [2.45, 2.75) is 6.92 Å². The van der Waals surface area contributed by atoms with Gasteiger partial charge in [-0.15, -0.1) is 12.4 Å². The van der Waals surface area contributed by atoms with Gasteiger partial charge in [-0.05, 0) is 42.8 Å². The van der Waals surface area contributed by atoms with E-state index in [-0.39, 0.29) is 18.2 Å². The number of nitrogens with one attached hydrogen (secondary N) is 1. The molecule has 0 bridgehead atoms. The quantitative estimate of drug-likeness (QED) is 0.556. The summed E-state index contributed by atoms with van der Waals surface area (Å²) in [5.41, 5.74) is 4.37. The SMILES string of the molecule is Cc1cc(-c2c[nH]c3ncccc23)nc2cc(F)ccc12.Cl. The van der Waals surface area contributed by atoms with Crippen LogP contribution in [0.5, 0.6) is 0 Å². The Morgan fingerprint density at radius 2 is 1.95 bits per heavy atom. The molecule has 5 heteroatoms. The highest BCUT2D eigenvalue weighted by Crippen LogP contribution is 2.29. The predicted octanol–water partition coefficient (Wildman–Crippen LogP) is 4.65. The van der Waals surface area contributed by atoms with E-state index in [9.17, 15) is 4.39 Å². The number of fused-ring (bicyclic) bond motifs is 2. The van der Waals surface area contributed by atoms with Crippen LogP contribution in [-0.4, -0.2) is 15.0 Å². The smallest absolute Gasteiger partial charge is 0.137 e. The first-order chi connectivity index (χ1) is 10.2. The maximum Gasteiger partial charge on any atom is 0.137 e. The molecule has 0 radical (unpaired) electrons. The molecule has 0 amide bonds. The fourth-order valence-corrected chi connectivity index (χ4v) is 2.68. The third kappa shape index (κ3) is 2.22. The summed E-state index contributed by atoms with van der Waals surface area (Å²) >= 11 is 0. The number of hydrogen-bond donors (Lipinski definition) is 1. The summed E-state index contributed by atoms with van der Waals surface area (Å²) in [6.45, 7) is 2.01. The molecule has 0 aliphatic heterocycles. The summed E-state index contributed by atoms with van der Waals surface area (Å²) in [6.07, 6.45) is 3.64. The number of aromatic nitrogens is 3. The van der Waals surface area contributed by atoms with Gasteiger partial charge in [0, 0.05) is 34.8 Å². The molecule has 0 saturated heterocycles. The van der Waals surface area contributed by atoms with Gasteiger partial charge in [-0.1, -0.05) is 0 Å². The summed E-state index contributed by atoms with van der Waals surface area (Å²) in [5.74, 6) is -0.271. The number of pyridine rings is 2. The van der Waals surface area contributed by atoms with Crippen molar-refractivity contribution < 1.29 is 4.39 Å². The minimum absolute atomic E-state index is 0. The molecule has 0 atom stereocenters. The molecule has 0 aliphatic rings. The van der Waals surface area contributed by atoms with E-state index >= 15 is 0 Å². The monoisotopic (exact) mass is 313 g/mol. The summed E-state index contributed by atoms with van der Waals surface area (Å²) < 4.78 is 13.4. The molecule has 0 spiro atoms. The van der Waals surface area contributed by atoms with Crippen LogP contribution in [0.2, 0.25) is 0 Å². The van der Waals surface area contributed by atoms with Crippen LogP contribution in [0.25, 0.3) is 33.2 Å². The lowest BCUT2D eigenvalue weighted by molar-refractivity contribution is 0.629. The molecule has 22 heavy (non-hydrogen) atoms. The first-order valence-corrected chi connectivity index (χ1v) is 6.72. The second-order valence-corrected chi connectivity index (χ2v) is 5.09. The molecule has 4 aromatic rings. The Balaban J connectivity index is 0.00000144. The lowest BCUT2D eigenvalue weighted by Gasteiger charge is -2.06. The molecule has 0 fully saturated rings. The molecule has 1 N–H and O–H groups in total. The maximum atomic E-state index is 13.4. The van der Waals surface area contributed by atoms with Crippen LogP contribution in [0.4, 0.5) is 4.39 Å². The number of aryl methyl sites for hydroxylation is 1. The molecule has 3 heterocycles. The van der Waals surface area contributed by atoms with Crippen LogP contribution >= 0.6 is 12.4 Å². The molecule has 0 saturated carbocycles. The first-order valence-electron chi connectivity index (χ1n) is 6.72. The van der Waals surface area contributed by atoms with Gasteiger partial charge in [-0.3, -0.25) is 0 Å². The van der Waals surface area contributed by atoms with Gasteiger partial charge in [-0.25, -0.2) is 14.4 Å². The van der Waals surface area contributed by atoms with Gasteiger partial charge in [0.2, 0.25) is 0 Å². The van der Waals surface area contributed by atoms with Crippen molar-refractivity contribution in [2.75, 3.05) is 0 Å². The van der Waals surface area contributed by atoms with Crippen LogP contribution in [0, 0.1) is 12.7 Å². The third-order valence-corrected chi connectivity index (χ3v) is 3.71. The van der Waals surface area contributed by atoms with Gasteiger partial charge < -0.3 is 4.98 Å². The zero-order chi connectivity index (χ0) is 14.4. The molecule has 0 unspecified atom stereocenters. The van der Waals surface area contributed by atoms with Crippen LogP contribution in [0.1, 0.15) is 5.56 Å². The first kappa shape index (κ1) is 14.5. The Bertz CT molecular complexity index is 978. The highest BCUT2D eigenvalue weighted by Gasteiger charge is 2.10. The lowest BCUT2D eigenvalue weighted by Crippen LogP contribution is -1.89. The maximum absolute atomic E-state index is 13.4. The number of halogens is 2. The summed E-state index contributed by atoms with van der Waals surface area (Å²) in [6, 6.07) is 10.6. The van der Waals surface area contributed by atoms with Gasteiger partial charge in [0.15, 0.2) is 0 Å². The van der Waals surface area contributed by atoms with E-state index in [2.05, 4.69) is 15.0 Å². The molecule has 1 aromatic carbocycles. The highest BCUT2D eigenvalue weighted by molar-refractivity contribution is 5.94. The van der Waals surface area contributed by atoms with E-state index in [0.717, 1.165) is 33.2 Å². The van der Waals surface area contributed by atoms with Gasteiger partial charge in [0.05, 0.1) is 11.2 Å². The van der Waals surface area contributed by atoms with Gasteiger partial charge in [-0.2, -0.15) is 0 Å². The minimum atomic E-state index is -0.271. The van der Waals surface area contributed by atoms with Crippen molar-refractivity contribution in [1.29, 1.82) is 0 Å². The lowest BCUT2D eigenvalue weighted by atomic mass is 10.1. The van der Waals surface area contributed by atoms with Crippen LogP contribution < -0.4 is 0 Å². The summed E-state index contributed by atoms with van der Waals surface area (Å²) in [5, 5.41) is 1.98. The zero-order valence-corrected chi connectivity index (χ0v) is 12.6. The van der Waals surface area contributed by atoms with E-state index in [0.29, 0.717) is 5.52 Å². The number of benzene rings is 1. The Morgan fingerprint density at radius 3 is 2.82 bits per heavy atom. The molecule has 0 aliphatic carbocycles. The van der Waals surface area contributed by atoms with E-state index in [4.69, 9.17) is 0 Å². The van der Waals surface area contributed by atoms with Crippen molar-refractivity contribution in [3.05, 3.63) is 60.2 Å². The number of rotatable bonds is 1. The molecule has 110 valence electrons. The Kier molecular flexibility index (Phi) is 3.54. The molecular weight excluding hydrogens is 301 g/mol. The third-order valence-electron chi connectivity index (χ3n) is 3.71. The minimum Gasteiger partial charge on any atom is -0.345 e. The van der Waals surface area contributed by atoms with Gasteiger partial charge >= 0.3 is 0 Å². The second-order valence-electron chi connectivity index (χ2n) is 5.09. The van der Waals surface area contributed by atoms with E-state index in [1.807, 2.05) is 31.3 Å². The number of aromatic amines is 1. The number of hydrogen-bond acceptors (Lipinski definition) is 2. The van der Waals surface area contributed by atoms with E-state index in [1.165, 1.54) is 12.1 Å². The Labute approximate surface area is 132 Å². The van der Waals surface area contributed by atoms with E-state index < -0.39 is 0 Å². The standard InChI is InChI=1S/C17H12FN3.ClH/c1-10-7-15(21-16-8-11(18)4-5-12(10)16)14-9-20-17-13(14)3-2-6-19-17;/h2-9H,1H3,(H,19,20);1H. The van der Waals surface area contributed by atoms with Crippen LogP contribution in [0.15, 0.2) is 48.8 Å². The molecule has 4 rings (SSSR count). The van der Waals surface area contributed by atoms with Crippen LogP contribution in [-0.2, 0) is 0 Å². The average Bonchev–Trinajstić information content (AvgIpc) is 2.90. The van der Waals surface area contributed by atoms with Gasteiger partial charge in [0.25, 0.3) is 0 Å². The largest absolute Gasteiger partial charge is 0.345 e. The average molecular weight is 314 g/mol. The highest BCUT2D eigenvalue weighted by atomic mass is 35.5. The van der Waals surface area contributed by atoms with Crippen molar-refractivity contribution in [3.63, 3.8) is 0 Å². The fourth-order valence-electron chi connectivity index (χ4n) is 2.68. The molecular formula is C17H13ClFN3. The Hall–Kier alpha value is -2.46. The topological polar surface area (TPSA) is 41.6 Å². The number of H-pyrrole nitrogens is 1. The van der Waals surface area contributed by atoms with Gasteiger partial charge in [0.1, 0.15) is 11.5 Å². The van der Waals surface area contributed by atoms with Crippen molar-refractivity contribution in [3.8, 4) is 11.3 Å².